The van der Waals surface area contributed by atoms with Crippen LogP contribution in [-0.2, 0) is 19.1 Å². The molecule has 0 spiro atoms. The number of aliphatic hydroxyl groups excluding tert-OH is 1. The molecule has 0 rings (SSSR count). The Morgan fingerprint density at radius 2 is 1.50 bits per heavy atom. The number of rotatable bonds is 17. The van der Waals surface area contributed by atoms with E-state index in [9.17, 15) is 9.59 Å². The van der Waals surface area contributed by atoms with Crippen molar-refractivity contribution >= 4 is 11.9 Å². The van der Waals surface area contributed by atoms with Gasteiger partial charge < -0.3 is 14.6 Å². The Morgan fingerprint density at radius 3 is 2.12 bits per heavy atom. The normalized spacial score (nSPS) is 12.3. The van der Waals surface area contributed by atoms with Gasteiger partial charge in [0.05, 0.1) is 6.61 Å². The van der Waals surface area contributed by atoms with Crippen LogP contribution in [0.5, 0.6) is 0 Å². The van der Waals surface area contributed by atoms with E-state index in [1.807, 2.05) is 0 Å². The van der Waals surface area contributed by atoms with Gasteiger partial charge in [0.2, 0.25) is 0 Å². The zero-order chi connectivity index (χ0) is 19.5. The molecule has 0 aromatic rings. The molecule has 5 nitrogen and oxygen atoms in total. The van der Waals surface area contributed by atoms with Crippen molar-refractivity contribution in [2.45, 2.75) is 97.0 Å². The second kappa shape index (κ2) is 18.4. The summed E-state index contributed by atoms with van der Waals surface area (Å²) in [6.07, 6.45) is 15.9. The molecule has 0 aliphatic heterocycles. The molecule has 152 valence electrons. The second-order valence-corrected chi connectivity index (χ2v) is 6.60. The van der Waals surface area contributed by atoms with Gasteiger partial charge in [-0.15, -0.1) is 0 Å². The van der Waals surface area contributed by atoms with Crippen molar-refractivity contribution in [3.63, 3.8) is 0 Å². The van der Waals surface area contributed by atoms with Crippen LogP contribution in [0, 0.1) is 0 Å². The van der Waals surface area contributed by atoms with Gasteiger partial charge in [0.1, 0.15) is 6.61 Å². The fraction of sp³-hybridized carbons (Fsp3) is 0.810. The summed E-state index contributed by atoms with van der Waals surface area (Å²) in [7, 11) is 0. The van der Waals surface area contributed by atoms with Crippen molar-refractivity contribution in [2.75, 3.05) is 13.2 Å². The molecule has 0 aliphatic rings. The number of allylic oxidation sites excluding steroid dienone is 2. The number of unbranched alkanes of at least 4 members (excludes halogenated alkanes) is 8. The van der Waals surface area contributed by atoms with Crippen LogP contribution >= 0.6 is 0 Å². The third kappa shape index (κ3) is 16.1. The van der Waals surface area contributed by atoms with Crippen LogP contribution in [0.25, 0.3) is 0 Å². The number of aliphatic hydroxyl groups is 1. The SMILES string of the molecule is CCCCC/C=C\CCCCCCCC(=O)OC(CO)COC(=O)CC. The van der Waals surface area contributed by atoms with Crippen molar-refractivity contribution in [1.82, 2.24) is 0 Å². The van der Waals surface area contributed by atoms with Gasteiger partial charge >= 0.3 is 11.9 Å². The van der Waals surface area contributed by atoms with Gasteiger partial charge in [0, 0.05) is 12.8 Å². The van der Waals surface area contributed by atoms with E-state index < -0.39 is 6.10 Å². The minimum absolute atomic E-state index is 0.0825. The molecule has 0 aliphatic carbocycles. The molecule has 0 saturated heterocycles. The van der Waals surface area contributed by atoms with E-state index in [0.717, 1.165) is 25.7 Å². The van der Waals surface area contributed by atoms with Crippen LogP contribution < -0.4 is 0 Å². The number of esters is 2. The van der Waals surface area contributed by atoms with Crippen LogP contribution in [0.3, 0.4) is 0 Å². The summed E-state index contributed by atoms with van der Waals surface area (Å²) >= 11 is 0. The molecule has 1 N–H and O–H groups in total. The Kier molecular flexibility index (Phi) is 17.5. The van der Waals surface area contributed by atoms with E-state index in [0.29, 0.717) is 6.42 Å². The van der Waals surface area contributed by atoms with Crippen LogP contribution in [-0.4, -0.2) is 36.4 Å². The van der Waals surface area contributed by atoms with Crippen molar-refractivity contribution in [1.29, 1.82) is 0 Å². The van der Waals surface area contributed by atoms with Crippen molar-refractivity contribution in [2.24, 2.45) is 0 Å². The first-order valence-corrected chi connectivity index (χ1v) is 10.2. The highest BCUT2D eigenvalue weighted by Crippen LogP contribution is 2.09. The fourth-order valence-corrected chi connectivity index (χ4v) is 2.47. The molecular formula is C21H38O5. The van der Waals surface area contributed by atoms with Gasteiger partial charge in [0.15, 0.2) is 6.10 Å². The molecule has 0 bridgehead atoms. The Morgan fingerprint density at radius 1 is 0.885 bits per heavy atom. The summed E-state index contributed by atoms with van der Waals surface area (Å²) in [6, 6.07) is 0. The van der Waals surface area contributed by atoms with Crippen LogP contribution in [0.15, 0.2) is 12.2 Å². The Bertz CT molecular complexity index is 379. The van der Waals surface area contributed by atoms with Gasteiger partial charge in [-0.25, -0.2) is 0 Å². The number of hydrogen-bond acceptors (Lipinski definition) is 5. The van der Waals surface area contributed by atoms with Crippen molar-refractivity contribution in [3.8, 4) is 0 Å². The molecule has 0 saturated carbocycles. The van der Waals surface area contributed by atoms with E-state index >= 15 is 0 Å². The van der Waals surface area contributed by atoms with Crippen LogP contribution in [0.2, 0.25) is 0 Å². The summed E-state index contributed by atoms with van der Waals surface area (Å²) in [4.78, 5) is 22.8. The minimum Gasteiger partial charge on any atom is -0.462 e. The zero-order valence-corrected chi connectivity index (χ0v) is 16.7. The van der Waals surface area contributed by atoms with Gasteiger partial charge in [-0.1, -0.05) is 58.1 Å². The first-order chi connectivity index (χ1) is 12.6. The number of hydrogen-bond donors (Lipinski definition) is 1. The molecule has 0 fully saturated rings. The number of carbonyl (C=O) groups excluding carboxylic acids is 2. The molecule has 0 aromatic heterocycles. The first kappa shape index (κ1) is 24.6. The standard InChI is InChI=1S/C21H38O5/c1-3-5-6-7-8-9-10-11-12-13-14-15-16-21(24)26-19(17-22)18-25-20(23)4-2/h8-9,19,22H,3-7,10-18H2,1-2H3/b9-8-. The lowest BCUT2D eigenvalue weighted by molar-refractivity contribution is -0.161. The average Bonchev–Trinajstić information content (AvgIpc) is 2.65. The highest BCUT2D eigenvalue weighted by Gasteiger charge is 2.15. The molecule has 1 unspecified atom stereocenters. The third-order valence-electron chi connectivity index (χ3n) is 4.11. The largest absolute Gasteiger partial charge is 0.462 e. The Hall–Kier alpha value is -1.36. The Balaban J connectivity index is 3.53. The molecule has 1 atom stereocenters. The molecule has 0 aromatic carbocycles. The number of ether oxygens (including phenoxy) is 2. The van der Waals surface area contributed by atoms with Gasteiger partial charge in [-0.3, -0.25) is 9.59 Å². The predicted octanol–water partition coefficient (Wildman–Crippen LogP) is 4.71. The summed E-state index contributed by atoms with van der Waals surface area (Å²) in [5.41, 5.74) is 0. The molecule has 0 amide bonds. The molecule has 0 heterocycles. The highest BCUT2D eigenvalue weighted by atomic mass is 16.6. The van der Waals surface area contributed by atoms with Gasteiger partial charge in [0.25, 0.3) is 0 Å². The minimum atomic E-state index is -0.762. The molecule has 26 heavy (non-hydrogen) atoms. The highest BCUT2D eigenvalue weighted by molar-refractivity contribution is 5.70. The second-order valence-electron chi connectivity index (χ2n) is 6.60. The number of carbonyl (C=O) groups is 2. The lowest BCUT2D eigenvalue weighted by atomic mass is 10.1. The van der Waals surface area contributed by atoms with Crippen LogP contribution in [0.4, 0.5) is 0 Å². The lowest BCUT2D eigenvalue weighted by Crippen LogP contribution is -2.28. The van der Waals surface area contributed by atoms with E-state index in [1.54, 1.807) is 6.92 Å². The molecular weight excluding hydrogens is 332 g/mol. The zero-order valence-electron chi connectivity index (χ0n) is 16.7. The van der Waals surface area contributed by atoms with E-state index in [-0.39, 0.29) is 31.6 Å². The fourth-order valence-electron chi connectivity index (χ4n) is 2.47. The maximum atomic E-state index is 11.7. The predicted molar refractivity (Wildman–Crippen MR) is 104 cm³/mol. The first-order valence-electron chi connectivity index (χ1n) is 10.2. The topological polar surface area (TPSA) is 72.8 Å². The average molecular weight is 371 g/mol. The summed E-state index contributed by atoms with van der Waals surface area (Å²) < 4.78 is 10.00. The smallest absolute Gasteiger partial charge is 0.306 e. The van der Waals surface area contributed by atoms with Crippen molar-refractivity contribution in [3.05, 3.63) is 12.2 Å². The van der Waals surface area contributed by atoms with E-state index in [1.165, 1.54) is 38.5 Å². The lowest BCUT2D eigenvalue weighted by Gasteiger charge is -2.15. The monoisotopic (exact) mass is 370 g/mol. The summed E-state index contributed by atoms with van der Waals surface area (Å²) in [5, 5.41) is 9.16. The van der Waals surface area contributed by atoms with Gasteiger partial charge in [-0.2, -0.15) is 0 Å². The Labute approximate surface area is 159 Å². The van der Waals surface area contributed by atoms with E-state index in [4.69, 9.17) is 14.6 Å². The van der Waals surface area contributed by atoms with E-state index in [2.05, 4.69) is 19.1 Å². The molecule has 0 radical (unpaired) electrons. The summed E-state index contributed by atoms with van der Waals surface area (Å²) in [5.74, 6) is -0.707. The maximum Gasteiger partial charge on any atom is 0.306 e. The summed E-state index contributed by atoms with van der Waals surface area (Å²) in [6.45, 7) is 3.49. The van der Waals surface area contributed by atoms with Crippen LogP contribution in [0.1, 0.15) is 90.9 Å². The third-order valence-corrected chi connectivity index (χ3v) is 4.11. The van der Waals surface area contributed by atoms with Crippen molar-refractivity contribution < 1.29 is 24.2 Å². The maximum absolute atomic E-state index is 11.7. The molecule has 5 heteroatoms. The quantitative estimate of drug-likeness (QED) is 0.228. The van der Waals surface area contributed by atoms with Gasteiger partial charge in [-0.05, 0) is 32.1 Å².